The SMILES string of the molecule is CC(C)=CCC/C(C)=C/COc1c(Cl)cc(O)cc1Cl. The first-order valence-electron chi connectivity index (χ1n) is 6.50. The summed E-state index contributed by atoms with van der Waals surface area (Å²) in [5.74, 6) is 0.431. The van der Waals surface area contributed by atoms with Gasteiger partial charge in [-0.1, -0.05) is 40.4 Å². The molecule has 1 rings (SSSR count). The lowest BCUT2D eigenvalue weighted by molar-refractivity contribution is 0.361. The van der Waals surface area contributed by atoms with Gasteiger partial charge in [-0.3, -0.25) is 0 Å². The van der Waals surface area contributed by atoms with Crippen LogP contribution in [-0.4, -0.2) is 11.7 Å². The third-order valence-corrected chi connectivity index (χ3v) is 3.30. The fourth-order valence-corrected chi connectivity index (χ4v) is 2.23. The molecule has 0 bridgehead atoms. The van der Waals surface area contributed by atoms with Gasteiger partial charge in [-0.15, -0.1) is 0 Å². The van der Waals surface area contributed by atoms with Crippen molar-refractivity contribution in [3.63, 3.8) is 0 Å². The zero-order chi connectivity index (χ0) is 15.1. The molecule has 0 atom stereocenters. The second kappa shape index (κ2) is 8.23. The van der Waals surface area contributed by atoms with E-state index in [9.17, 15) is 5.11 Å². The van der Waals surface area contributed by atoms with Gasteiger partial charge in [0.05, 0.1) is 10.0 Å². The number of benzene rings is 1. The molecule has 0 fully saturated rings. The molecule has 4 heteroatoms. The van der Waals surface area contributed by atoms with Gasteiger partial charge in [0.2, 0.25) is 0 Å². The van der Waals surface area contributed by atoms with Gasteiger partial charge in [0.15, 0.2) is 5.75 Å². The molecule has 0 heterocycles. The van der Waals surface area contributed by atoms with Crippen molar-refractivity contribution in [1.29, 1.82) is 0 Å². The minimum absolute atomic E-state index is 0.0285. The third-order valence-electron chi connectivity index (χ3n) is 2.73. The summed E-state index contributed by atoms with van der Waals surface area (Å²) >= 11 is 11.9. The quantitative estimate of drug-likeness (QED) is 0.675. The van der Waals surface area contributed by atoms with Crippen LogP contribution in [0.15, 0.2) is 35.4 Å². The van der Waals surface area contributed by atoms with Crippen molar-refractivity contribution in [3.8, 4) is 11.5 Å². The number of hydrogen-bond donors (Lipinski definition) is 1. The van der Waals surface area contributed by atoms with E-state index in [1.54, 1.807) is 0 Å². The summed E-state index contributed by atoms with van der Waals surface area (Å²) in [6.07, 6.45) is 6.27. The Morgan fingerprint density at radius 1 is 1.15 bits per heavy atom. The van der Waals surface area contributed by atoms with Crippen molar-refractivity contribution < 1.29 is 9.84 Å². The number of hydrogen-bond acceptors (Lipinski definition) is 2. The van der Waals surface area contributed by atoms with Crippen molar-refractivity contribution in [1.82, 2.24) is 0 Å². The van der Waals surface area contributed by atoms with Crippen LogP contribution in [0, 0.1) is 0 Å². The molecule has 0 radical (unpaired) electrons. The lowest BCUT2D eigenvalue weighted by atomic mass is 10.1. The van der Waals surface area contributed by atoms with Crippen LogP contribution >= 0.6 is 23.2 Å². The van der Waals surface area contributed by atoms with Gasteiger partial charge in [-0.2, -0.15) is 0 Å². The Hall–Kier alpha value is -1.12. The molecule has 0 amide bonds. The number of aromatic hydroxyl groups is 1. The predicted octanol–water partition coefficient (Wildman–Crippen LogP) is 5.77. The number of phenols is 1. The largest absolute Gasteiger partial charge is 0.508 e. The van der Waals surface area contributed by atoms with Crippen molar-refractivity contribution in [2.24, 2.45) is 0 Å². The molecule has 0 saturated heterocycles. The summed E-state index contributed by atoms with van der Waals surface area (Å²) < 4.78 is 5.55. The maximum atomic E-state index is 9.33. The summed E-state index contributed by atoms with van der Waals surface area (Å²) in [4.78, 5) is 0. The molecule has 0 saturated carbocycles. The number of rotatable bonds is 6. The number of phenolic OH excluding ortho intramolecular Hbond substituents is 1. The maximum Gasteiger partial charge on any atom is 0.157 e. The molecule has 1 aromatic carbocycles. The van der Waals surface area contributed by atoms with Crippen molar-refractivity contribution in [2.75, 3.05) is 6.61 Å². The first kappa shape index (κ1) is 16.9. The van der Waals surface area contributed by atoms with Gasteiger partial charge in [0, 0.05) is 12.1 Å². The van der Waals surface area contributed by atoms with Crippen LogP contribution in [0.2, 0.25) is 10.0 Å². The van der Waals surface area contributed by atoms with E-state index in [1.807, 2.05) is 6.08 Å². The summed E-state index contributed by atoms with van der Waals surface area (Å²) in [5.41, 5.74) is 2.59. The van der Waals surface area contributed by atoms with Crippen LogP contribution in [-0.2, 0) is 0 Å². The van der Waals surface area contributed by atoms with E-state index < -0.39 is 0 Å². The zero-order valence-corrected chi connectivity index (χ0v) is 13.6. The summed E-state index contributed by atoms with van der Waals surface area (Å²) in [6.45, 7) is 6.67. The summed E-state index contributed by atoms with van der Waals surface area (Å²) in [7, 11) is 0. The molecule has 0 aromatic heterocycles. The van der Waals surface area contributed by atoms with Crippen LogP contribution in [0.4, 0.5) is 0 Å². The van der Waals surface area contributed by atoms with Crippen molar-refractivity contribution in [3.05, 3.63) is 45.5 Å². The lowest BCUT2D eigenvalue weighted by Crippen LogP contribution is -1.96. The standard InChI is InChI=1S/C16H20Cl2O2/c1-11(2)5-4-6-12(3)7-8-20-16-14(17)9-13(19)10-15(16)18/h5,7,9-10,19H,4,6,8H2,1-3H3/b12-7+. The van der Waals surface area contributed by atoms with E-state index in [4.69, 9.17) is 27.9 Å². The Morgan fingerprint density at radius 2 is 1.75 bits per heavy atom. The molecule has 1 N–H and O–H groups in total. The Bertz CT molecular complexity index is 492. The van der Waals surface area contributed by atoms with E-state index >= 15 is 0 Å². The number of ether oxygens (including phenoxy) is 1. The number of halogens is 2. The second-order valence-electron chi connectivity index (χ2n) is 4.92. The van der Waals surface area contributed by atoms with E-state index in [0.29, 0.717) is 22.4 Å². The van der Waals surface area contributed by atoms with E-state index in [-0.39, 0.29) is 5.75 Å². The molecule has 0 aliphatic carbocycles. The predicted molar refractivity (Wildman–Crippen MR) is 86.0 cm³/mol. The van der Waals surface area contributed by atoms with Gasteiger partial charge in [0.25, 0.3) is 0 Å². The topological polar surface area (TPSA) is 29.5 Å². The Morgan fingerprint density at radius 3 is 2.30 bits per heavy atom. The van der Waals surface area contributed by atoms with Crippen LogP contribution < -0.4 is 4.74 Å². The van der Waals surface area contributed by atoms with Gasteiger partial charge in [-0.25, -0.2) is 0 Å². The molecule has 110 valence electrons. The molecule has 20 heavy (non-hydrogen) atoms. The van der Waals surface area contributed by atoms with E-state index in [0.717, 1.165) is 12.8 Å². The molecular weight excluding hydrogens is 295 g/mol. The smallest absolute Gasteiger partial charge is 0.157 e. The van der Waals surface area contributed by atoms with Gasteiger partial charge in [-0.05, 0) is 39.7 Å². The summed E-state index contributed by atoms with van der Waals surface area (Å²) in [6, 6.07) is 2.82. The Balaban J connectivity index is 2.53. The third kappa shape index (κ3) is 5.89. The van der Waals surface area contributed by atoms with Gasteiger partial charge >= 0.3 is 0 Å². The molecule has 0 aliphatic heterocycles. The second-order valence-corrected chi connectivity index (χ2v) is 5.73. The highest BCUT2D eigenvalue weighted by molar-refractivity contribution is 6.37. The van der Waals surface area contributed by atoms with Crippen LogP contribution in [0.3, 0.4) is 0 Å². The fraction of sp³-hybridized carbons (Fsp3) is 0.375. The van der Waals surface area contributed by atoms with Gasteiger partial charge in [0.1, 0.15) is 12.4 Å². The monoisotopic (exact) mass is 314 g/mol. The van der Waals surface area contributed by atoms with Crippen molar-refractivity contribution in [2.45, 2.75) is 33.6 Å². The minimum Gasteiger partial charge on any atom is -0.508 e. The van der Waals surface area contributed by atoms with Crippen LogP contribution in [0.1, 0.15) is 33.6 Å². The molecule has 0 unspecified atom stereocenters. The normalized spacial score (nSPS) is 11.3. The average molecular weight is 315 g/mol. The highest BCUT2D eigenvalue weighted by Crippen LogP contribution is 2.36. The molecule has 1 aromatic rings. The van der Waals surface area contributed by atoms with E-state index in [2.05, 4.69) is 26.8 Å². The molecule has 0 aliphatic rings. The first-order valence-corrected chi connectivity index (χ1v) is 7.25. The lowest BCUT2D eigenvalue weighted by Gasteiger charge is -2.09. The Labute approximate surface area is 130 Å². The highest BCUT2D eigenvalue weighted by atomic mass is 35.5. The molecule has 0 spiro atoms. The molecular formula is C16H20Cl2O2. The summed E-state index contributed by atoms with van der Waals surface area (Å²) in [5, 5.41) is 9.95. The average Bonchev–Trinajstić information content (AvgIpc) is 2.32. The highest BCUT2D eigenvalue weighted by Gasteiger charge is 2.08. The van der Waals surface area contributed by atoms with Crippen molar-refractivity contribution >= 4 is 23.2 Å². The zero-order valence-electron chi connectivity index (χ0n) is 12.0. The van der Waals surface area contributed by atoms with Crippen LogP contribution in [0.25, 0.3) is 0 Å². The molecule has 2 nitrogen and oxygen atoms in total. The maximum absolute atomic E-state index is 9.33. The van der Waals surface area contributed by atoms with E-state index in [1.165, 1.54) is 23.3 Å². The fourth-order valence-electron chi connectivity index (χ4n) is 1.64. The number of allylic oxidation sites excluding steroid dienone is 3. The first-order chi connectivity index (χ1) is 9.40. The van der Waals surface area contributed by atoms with Crippen LogP contribution in [0.5, 0.6) is 11.5 Å². The minimum atomic E-state index is 0.0285. The Kier molecular flexibility index (Phi) is 6.97. The van der Waals surface area contributed by atoms with Gasteiger partial charge < -0.3 is 9.84 Å².